The molecule has 2 heterocycles. The third-order valence-corrected chi connectivity index (χ3v) is 4.60. The first kappa shape index (κ1) is 17.9. The fraction of sp³-hybridized carbons (Fsp3) is 0.500. The Labute approximate surface area is 156 Å². The van der Waals surface area contributed by atoms with E-state index in [2.05, 4.69) is 36.1 Å². The van der Waals surface area contributed by atoms with Crippen LogP contribution >= 0.6 is 15.9 Å². The number of aromatic nitrogens is 2. The summed E-state index contributed by atoms with van der Waals surface area (Å²) in [6, 6.07) is 6.20. The van der Waals surface area contributed by atoms with E-state index < -0.39 is 5.60 Å². The highest BCUT2D eigenvalue weighted by molar-refractivity contribution is 9.10. The predicted octanol–water partition coefficient (Wildman–Crippen LogP) is 3.89. The molecule has 134 valence electrons. The van der Waals surface area contributed by atoms with E-state index in [-0.39, 0.29) is 12.1 Å². The molecule has 1 N–H and O–H groups in total. The molecule has 1 aliphatic heterocycles. The minimum Gasteiger partial charge on any atom is -0.444 e. The van der Waals surface area contributed by atoms with E-state index in [1.165, 1.54) is 0 Å². The number of fused-ring (bicyclic) bond motifs is 1. The molecular weight excluding hydrogens is 384 g/mol. The van der Waals surface area contributed by atoms with Crippen LogP contribution in [0, 0.1) is 0 Å². The number of hydrogen-bond acceptors (Lipinski definition) is 5. The number of rotatable bonds is 3. The predicted molar refractivity (Wildman–Crippen MR) is 102 cm³/mol. The Morgan fingerprint density at radius 1 is 1.40 bits per heavy atom. The molecule has 25 heavy (non-hydrogen) atoms. The molecular formula is C18H23BrN4O2. The normalized spacial score (nSPS) is 17.8. The Bertz CT molecular complexity index is 775. The summed E-state index contributed by atoms with van der Waals surface area (Å²) in [6.07, 6.45) is 3.30. The zero-order chi connectivity index (χ0) is 18.0. The molecule has 1 fully saturated rings. The molecule has 0 spiro atoms. The third-order valence-electron chi connectivity index (χ3n) is 4.11. The lowest BCUT2D eigenvalue weighted by molar-refractivity contribution is 0.0525. The van der Waals surface area contributed by atoms with Gasteiger partial charge in [0.1, 0.15) is 17.7 Å². The molecule has 3 rings (SSSR count). The molecule has 1 aliphatic rings. The molecule has 0 aliphatic carbocycles. The SMILES string of the molecule is CC(C)(C)OC(=O)NCC1CCCN1c1ncnc2ccc(Br)cc12. The molecule has 0 radical (unpaired) electrons. The topological polar surface area (TPSA) is 67.3 Å². The molecule has 1 atom stereocenters. The average Bonchev–Trinajstić information content (AvgIpc) is 2.99. The van der Waals surface area contributed by atoms with Gasteiger partial charge in [-0.15, -0.1) is 0 Å². The third kappa shape index (κ3) is 4.39. The van der Waals surface area contributed by atoms with Gasteiger partial charge in [0.2, 0.25) is 0 Å². The van der Waals surface area contributed by atoms with Gasteiger partial charge in [0, 0.05) is 29.0 Å². The summed E-state index contributed by atoms with van der Waals surface area (Å²) in [7, 11) is 0. The molecule has 1 saturated heterocycles. The highest BCUT2D eigenvalue weighted by Crippen LogP contribution is 2.30. The smallest absolute Gasteiger partial charge is 0.407 e. The number of carbonyl (C=O) groups is 1. The lowest BCUT2D eigenvalue weighted by atomic mass is 10.2. The van der Waals surface area contributed by atoms with E-state index in [9.17, 15) is 4.79 Å². The molecule has 1 aromatic carbocycles. The summed E-state index contributed by atoms with van der Waals surface area (Å²) >= 11 is 3.52. The number of benzene rings is 1. The standard InChI is InChI=1S/C18H23BrN4O2/c1-18(2,3)25-17(24)20-10-13-5-4-8-23(13)16-14-9-12(19)6-7-15(14)21-11-22-16/h6-7,9,11,13H,4-5,8,10H2,1-3H3,(H,20,24). The number of halogens is 1. The fourth-order valence-electron chi connectivity index (χ4n) is 3.09. The van der Waals surface area contributed by atoms with Crippen molar-refractivity contribution < 1.29 is 9.53 Å². The maximum atomic E-state index is 11.9. The van der Waals surface area contributed by atoms with Crippen LogP contribution in [0.1, 0.15) is 33.6 Å². The van der Waals surface area contributed by atoms with Crippen molar-refractivity contribution in [3.63, 3.8) is 0 Å². The molecule has 6 nitrogen and oxygen atoms in total. The van der Waals surface area contributed by atoms with Gasteiger partial charge in [0.05, 0.1) is 5.52 Å². The first-order valence-electron chi connectivity index (χ1n) is 8.47. The number of anilines is 1. The highest BCUT2D eigenvalue weighted by atomic mass is 79.9. The summed E-state index contributed by atoms with van der Waals surface area (Å²) < 4.78 is 6.32. The van der Waals surface area contributed by atoms with Gasteiger partial charge in [-0.25, -0.2) is 14.8 Å². The van der Waals surface area contributed by atoms with Crippen molar-refractivity contribution in [3.05, 3.63) is 29.0 Å². The summed E-state index contributed by atoms with van der Waals surface area (Å²) in [6.45, 7) is 7.03. The lowest BCUT2D eigenvalue weighted by Gasteiger charge is -2.27. The Morgan fingerprint density at radius 2 is 2.20 bits per heavy atom. The van der Waals surface area contributed by atoms with Crippen LogP contribution in [0.15, 0.2) is 29.0 Å². The van der Waals surface area contributed by atoms with Gasteiger partial charge < -0.3 is 15.0 Å². The Kier molecular flexibility index (Phi) is 5.13. The van der Waals surface area contributed by atoms with Gasteiger partial charge in [-0.3, -0.25) is 0 Å². The van der Waals surface area contributed by atoms with Crippen molar-refractivity contribution in [2.24, 2.45) is 0 Å². The van der Waals surface area contributed by atoms with E-state index >= 15 is 0 Å². The van der Waals surface area contributed by atoms with Crippen LogP contribution in [0.3, 0.4) is 0 Å². The molecule has 2 aromatic rings. The van der Waals surface area contributed by atoms with Crippen molar-refractivity contribution >= 4 is 38.7 Å². The highest BCUT2D eigenvalue weighted by Gasteiger charge is 2.28. The zero-order valence-electron chi connectivity index (χ0n) is 14.8. The summed E-state index contributed by atoms with van der Waals surface area (Å²) in [5, 5.41) is 3.90. The first-order chi connectivity index (χ1) is 11.8. The van der Waals surface area contributed by atoms with Crippen molar-refractivity contribution in [1.29, 1.82) is 0 Å². The summed E-state index contributed by atoms with van der Waals surface area (Å²) in [5.41, 5.74) is 0.424. The summed E-state index contributed by atoms with van der Waals surface area (Å²) in [5.74, 6) is 0.916. The fourth-order valence-corrected chi connectivity index (χ4v) is 3.45. The monoisotopic (exact) mass is 406 g/mol. The number of carbonyl (C=O) groups excluding carboxylic acids is 1. The number of amides is 1. The van der Waals surface area contributed by atoms with E-state index in [1.54, 1.807) is 6.33 Å². The van der Waals surface area contributed by atoms with Crippen LogP contribution in [0.25, 0.3) is 10.9 Å². The van der Waals surface area contributed by atoms with Gasteiger partial charge >= 0.3 is 6.09 Å². The van der Waals surface area contributed by atoms with Crippen LogP contribution in [-0.2, 0) is 4.74 Å². The number of nitrogens with zero attached hydrogens (tertiary/aromatic N) is 3. The molecule has 1 aromatic heterocycles. The number of nitrogens with one attached hydrogen (secondary N) is 1. The largest absolute Gasteiger partial charge is 0.444 e. The second-order valence-corrected chi connectivity index (χ2v) is 8.15. The van der Waals surface area contributed by atoms with Crippen molar-refractivity contribution in [1.82, 2.24) is 15.3 Å². The van der Waals surface area contributed by atoms with Crippen molar-refractivity contribution in [3.8, 4) is 0 Å². The zero-order valence-corrected chi connectivity index (χ0v) is 16.3. The first-order valence-corrected chi connectivity index (χ1v) is 9.26. The van der Waals surface area contributed by atoms with Gasteiger partial charge in [-0.2, -0.15) is 0 Å². The van der Waals surface area contributed by atoms with E-state index in [4.69, 9.17) is 4.74 Å². The van der Waals surface area contributed by atoms with Gasteiger partial charge in [-0.1, -0.05) is 15.9 Å². The molecule has 1 unspecified atom stereocenters. The molecule has 7 heteroatoms. The minimum absolute atomic E-state index is 0.199. The van der Waals surface area contributed by atoms with Crippen LogP contribution < -0.4 is 10.2 Å². The molecule has 0 saturated carbocycles. The Hall–Kier alpha value is -1.89. The van der Waals surface area contributed by atoms with Gasteiger partial charge in [0.15, 0.2) is 0 Å². The van der Waals surface area contributed by atoms with Crippen molar-refractivity contribution in [2.75, 3.05) is 18.0 Å². The molecule has 0 bridgehead atoms. The number of hydrogen-bond donors (Lipinski definition) is 1. The average molecular weight is 407 g/mol. The van der Waals surface area contributed by atoms with Crippen LogP contribution in [0.2, 0.25) is 0 Å². The van der Waals surface area contributed by atoms with Crippen molar-refractivity contribution in [2.45, 2.75) is 45.3 Å². The number of ether oxygens (including phenoxy) is 1. The number of alkyl carbamates (subject to hydrolysis) is 1. The molecule has 1 amide bonds. The maximum absolute atomic E-state index is 11.9. The second kappa shape index (κ2) is 7.15. The van der Waals surface area contributed by atoms with Crippen LogP contribution in [-0.4, -0.2) is 40.8 Å². The quantitative estimate of drug-likeness (QED) is 0.837. The summed E-state index contributed by atoms with van der Waals surface area (Å²) in [4.78, 5) is 23.1. The second-order valence-electron chi connectivity index (χ2n) is 7.23. The van der Waals surface area contributed by atoms with E-state index in [1.807, 2.05) is 39.0 Å². The van der Waals surface area contributed by atoms with Gasteiger partial charge in [0.25, 0.3) is 0 Å². The minimum atomic E-state index is -0.491. The Morgan fingerprint density at radius 3 is 2.96 bits per heavy atom. The van der Waals surface area contributed by atoms with Gasteiger partial charge in [-0.05, 0) is 51.8 Å². The van der Waals surface area contributed by atoms with Crippen LogP contribution in [0.4, 0.5) is 10.6 Å². The lowest BCUT2D eigenvalue weighted by Crippen LogP contribution is -2.42. The Balaban J connectivity index is 1.76. The maximum Gasteiger partial charge on any atom is 0.407 e. The van der Waals surface area contributed by atoms with E-state index in [0.29, 0.717) is 6.54 Å². The van der Waals surface area contributed by atoms with E-state index in [0.717, 1.165) is 40.6 Å². The van der Waals surface area contributed by atoms with Crippen LogP contribution in [0.5, 0.6) is 0 Å².